The summed E-state index contributed by atoms with van der Waals surface area (Å²) in [5, 5.41) is 10.7. The fourth-order valence-corrected chi connectivity index (χ4v) is 8.32. The second-order valence-corrected chi connectivity index (χ2v) is 16.2. The van der Waals surface area contributed by atoms with Crippen LogP contribution in [0.2, 0.25) is 0 Å². The number of hydrogen-bond donors (Lipinski definition) is 1. The van der Waals surface area contributed by atoms with Crippen LogP contribution in [0.5, 0.6) is 0 Å². The molecule has 5 aromatic rings. The summed E-state index contributed by atoms with van der Waals surface area (Å²) in [7, 11) is -2.04. The summed E-state index contributed by atoms with van der Waals surface area (Å²) in [5.74, 6) is 0. The third-order valence-corrected chi connectivity index (χ3v) is 10.0. The maximum Gasteiger partial charge on any atom is 2.00 e. The molecule has 0 bridgehead atoms. The molecular formula is C33H32Cl5NOP2PtS. The first-order chi connectivity index (χ1) is 19.9. The van der Waals surface area contributed by atoms with E-state index in [0.29, 0.717) is 0 Å². The van der Waals surface area contributed by atoms with Crippen LogP contribution in [0.25, 0.3) is 0 Å². The molecule has 0 unspecified atom stereocenters. The summed E-state index contributed by atoms with van der Waals surface area (Å²) >= 11 is 14.4. The van der Waals surface area contributed by atoms with E-state index in [4.69, 9.17) is 34.8 Å². The number of hydrogen-bond acceptors (Lipinski definition) is 2. The van der Waals surface area contributed by atoms with Crippen molar-refractivity contribution in [3.63, 3.8) is 0 Å². The smallest absolute Gasteiger partial charge is 1.00 e. The first-order valence-electron chi connectivity index (χ1n) is 12.7. The van der Waals surface area contributed by atoms with Gasteiger partial charge < -0.3 is 29.9 Å². The monoisotopic (exact) mass is 922 g/mol. The minimum Gasteiger partial charge on any atom is -1.00 e. The normalized spacial score (nSPS) is 9.84. The van der Waals surface area contributed by atoms with E-state index in [1.807, 2.05) is 0 Å². The first kappa shape index (κ1) is 43.0. The van der Waals surface area contributed by atoms with Crippen LogP contribution in [0.15, 0.2) is 146 Å². The van der Waals surface area contributed by atoms with Crippen molar-refractivity contribution in [3.8, 4) is 0 Å². The molecule has 11 heteroatoms. The van der Waals surface area contributed by atoms with Crippen LogP contribution in [0.3, 0.4) is 0 Å². The average molecular weight is 925 g/mol. The van der Waals surface area contributed by atoms with E-state index in [-0.39, 0.29) is 45.9 Å². The van der Waals surface area contributed by atoms with Gasteiger partial charge >= 0.3 is 21.1 Å². The third-order valence-electron chi connectivity index (χ3n) is 5.43. The Bertz CT molecular complexity index is 1380. The predicted molar refractivity (Wildman–Crippen MR) is 189 cm³/mol. The Labute approximate surface area is 308 Å². The molecule has 0 heterocycles. The van der Waals surface area contributed by atoms with Crippen molar-refractivity contribution in [2.24, 2.45) is 0 Å². The van der Waals surface area contributed by atoms with Gasteiger partial charge in [-0.15, -0.1) is 0 Å². The molecule has 0 saturated carbocycles. The summed E-state index contributed by atoms with van der Waals surface area (Å²) < 4.78 is 8.81. The summed E-state index contributed by atoms with van der Waals surface area (Å²) in [4.78, 5) is 0. The summed E-state index contributed by atoms with van der Waals surface area (Å²) in [6, 6.07) is 52.2. The molecule has 236 valence electrons. The van der Waals surface area contributed by atoms with Gasteiger partial charge in [0.15, 0.2) is 4.30 Å². The molecule has 0 aromatic heterocycles. The Morgan fingerprint density at radius 1 is 0.545 bits per heavy atom. The molecule has 0 aliphatic carbocycles. The Hall–Kier alpha value is -0.952. The van der Waals surface area contributed by atoms with E-state index in [1.54, 1.807) is 12.5 Å². The number of alkyl halides is 3. The molecule has 0 aliphatic rings. The van der Waals surface area contributed by atoms with Crippen molar-refractivity contribution in [1.82, 2.24) is 0 Å². The van der Waals surface area contributed by atoms with Gasteiger partial charge in [0.2, 0.25) is 0 Å². The molecule has 0 saturated heterocycles. The van der Waals surface area contributed by atoms with E-state index < -0.39 is 31.1 Å². The average Bonchev–Trinajstić information content (AvgIpc) is 2.98. The Morgan fingerprint density at radius 3 is 1.16 bits per heavy atom. The van der Waals surface area contributed by atoms with Crippen molar-refractivity contribution < 1.29 is 50.1 Å². The van der Waals surface area contributed by atoms with Gasteiger partial charge in [-0.05, 0) is 24.6 Å². The Kier molecular flexibility index (Phi) is 23.7. The minimum absolute atomic E-state index is 0. The zero-order valence-corrected chi connectivity index (χ0v) is 32.5. The van der Waals surface area contributed by atoms with Crippen LogP contribution in [0.4, 0.5) is 5.69 Å². The maximum absolute atomic E-state index is 9.56. The number of para-hydroxylation sites is 1. The molecule has 0 atom stereocenters. The van der Waals surface area contributed by atoms with Gasteiger partial charge in [0.05, 0.1) is 8.07 Å². The van der Waals surface area contributed by atoms with Crippen molar-refractivity contribution in [3.05, 3.63) is 146 Å². The van der Waals surface area contributed by atoms with Gasteiger partial charge in [-0.2, -0.15) is 0 Å². The Balaban J connectivity index is 0.00000151. The number of anilines is 1. The zero-order valence-electron chi connectivity index (χ0n) is 23.9. The molecule has 5 aromatic carbocycles. The summed E-state index contributed by atoms with van der Waals surface area (Å²) in [6.45, 7) is 0. The summed E-state index contributed by atoms with van der Waals surface area (Å²) in [5.41, 5.74) is 1.20. The van der Waals surface area contributed by atoms with E-state index in [9.17, 15) is 4.21 Å². The molecule has 44 heavy (non-hydrogen) atoms. The topological polar surface area (TPSA) is 29.1 Å². The van der Waals surface area contributed by atoms with E-state index >= 15 is 0 Å². The maximum atomic E-state index is 9.56. The molecule has 0 aliphatic heterocycles. The van der Waals surface area contributed by atoms with Gasteiger partial charge in [0.25, 0.3) is 0 Å². The molecule has 0 spiro atoms. The Morgan fingerprint density at radius 2 is 0.818 bits per heavy atom. The second kappa shape index (κ2) is 24.3. The van der Waals surface area contributed by atoms with Crippen molar-refractivity contribution >= 4 is 93.8 Å². The number of halogens is 5. The minimum atomic E-state index is -0.750. The largest absolute Gasteiger partial charge is 2.00 e. The van der Waals surface area contributed by atoms with Gasteiger partial charge in [0.1, 0.15) is 0 Å². The van der Waals surface area contributed by atoms with Crippen LogP contribution in [0, 0.1) is 0 Å². The van der Waals surface area contributed by atoms with E-state index in [0.717, 1.165) is 0 Å². The molecular weight excluding hydrogens is 893 g/mol. The zero-order chi connectivity index (χ0) is 29.5. The third kappa shape index (κ3) is 15.1. The van der Waals surface area contributed by atoms with Crippen LogP contribution in [0.1, 0.15) is 0 Å². The molecule has 0 amide bonds. The molecule has 0 radical (unpaired) electrons. The van der Waals surface area contributed by atoms with E-state index in [1.165, 1.54) is 32.2 Å². The molecule has 0 fully saturated rings. The fourth-order valence-electron chi connectivity index (χ4n) is 3.90. The number of benzene rings is 5. The molecule has 1 N–H and O–H groups in total. The van der Waals surface area contributed by atoms with Crippen molar-refractivity contribution in [2.75, 3.05) is 17.6 Å². The fraction of sp³-hybridized carbons (Fsp3) is 0.0909. The van der Waals surface area contributed by atoms with Crippen LogP contribution in [-0.4, -0.2) is 21.0 Å². The van der Waals surface area contributed by atoms with E-state index in [2.05, 4.69) is 151 Å². The van der Waals surface area contributed by atoms with Crippen LogP contribution < -0.4 is 56.4 Å². The number of rotatable bonds is 7. The van der Waals surface area contributed by atoms with Crippen LogP contribution >= 0.6 is 50.8 Å². The summed E-state index contributed by atoms with van der Waals surface area (Å²) in [6.07, 6.45) is 3.28. The van der Waals surface area contributed by atoms with Crippen molar-refractivity contribution in [2.45, 2.75) is 4.30 Å². The van der Waals surface area contributed by atoms with Gasteiger partial charge in [-0.1, -0.05) is 174 Å². The standard InChI is InChI=1S/C30H25NP2.C2H6OS.CHCl3.2ClH.Pt/c1-5-15-25(16-6-1)32(26-17-7-2-8-18-26)30-24-14-13-23-29(30)31-33(27-19-9-3-10-20-27)28-21-11-4-12-22-28;1-4(2)3;2-1(3)4;;;/h1-24,31H;1-2H3;1H;2*1H;/q;;;;;+2/p-2. The molecule has 2 nitrogen and oxygen atoms in total. The quantitative estimate of drug-likeness (QED) is 0.200. The first-order valence-corrected chi connectivity index (χ1v) is 18.7. The molecule has 5 rings (SSSR count). The second-order valence-electron chi connectivity index (χ2n) is 8.63. The number of nitrogens with one attached hydrogen (secondary N) is 1. The SMILES string of the molecule is CS(C)=O.ClC(Cl)Cl.[Cl-].[Cl-].[Pt+2].c1ccc(P(Nc2ccccc2P(c2ccccc2)c2ccccc2)c2ccccc2)cc1. The van der Waals surface area contributed by atoms with Crippen LogP contribution in [-0.2, 0) is 31.9 Å². The van der Waals surface area contributed by atoms with Crippen molar-refractivity contribution in [1.29, 1.82) is 0 Å². The van der Waals surface area contributed by atoms with Gasteiger partial charge in [-0.25, -0.2) is 0 Å². The predicted octanol–water partition coefficient (Wildman–Crippen LogP) is 1.89. The van der Waals surface area contributed by atoms with Gasteiger partial charge in [-0.3, -0.25) is 4.21 Å². The van der Waals surface area contributed by atoms with Gasteiger partial charge in [0, 0.05) is 44.9 Å².